The summed E-state index contributed by atoms with van der Waals surface area (Å²) in [6.45, 7) is 1.44. The lowest BCUT2D eigenvalue weighted by atomic mass is 9.88. The van der Waals surface area contributed by atoms with Crippen molar-refractivity contribution in [3.05, 3.63) is 56.4 Å². The normalized spacial score (nSPS) is 18.7. The lowest BCUT2D eigenvalue weighted by Gasteiger charge is -2.31. The molecule has 2 N–H and O–H groups in total. The number of carboxylic acid groups (broad SMARTS) is 2. The Kier molecular flexibility index (Phi) is 3.91. The van der Waals surface area contributed by atoms with Crippen LogP contribution in [0.2, 0.25) is 0 Å². The number of fused-ring (bicyclic) bond motifs is 1. The SMILES string of the molecule is CC1=Nc2cc(=O)n(C(=O)O)n2C(c2cccc([N+](=O)[O-])c2)C1C(=O)O. The molecular weight excluding hydrogens is 348 g/mol. The second-order valence-electron chi connectivity index (χ2n) is 5.65. The van der Waals surface area contributed by atoms with E-state index in [1.54, 1.807) is 0 Å². The number of benzene rings is 1. The van der Waals surface area contributed by atoms with Crippen molar-refractivity contribution >= 4 is 29.3 Å². The van der Waals surface area contributed by atoms with Crippen LogP contribution in [0.4, 0.5) is 16.3 Å². The van der Waals surface area contributed by atoms with Crippen molar-refractivity contribution in [1.82, 2.24) is 9.36 Å². The number of carboxylic acids is 1. The maximum absolute atomic E-state index is 12.0. The van der Waals surface area contributed by atoms with Crippen molar-refractivity contribution < 1.29 is 24.7 Å². The van der Waals surface area contributed by atoms with E-state index in [9.17, 15) is 34.7 Å². The van der Waals surface area contributed by atoms with E-state index in [1.165, 1.54) is 25.1 Å². The lowest BCUT2D eigenvalue weighted by molar-refractivity contribution is -0.384. The number of aliphatic carboxylic acids is 1. The highest BCUT2D eigenvalue weighted by Crippen LogP contribution is 2.37. The third kappa shape index (κ3) is 2.55. The van der Waals surface area contributed by atoms with E-state index in [4.69, 9.17) is 0 Å². The van der Waals surface area contributed by atoms with Crippen LogP contribution < -0.4 is 5.56 Å². The van der Waals surface area contributed by atoms with Gasteiger partial charge in [0.1, 0.15) is 5.92 Å². The van der Waals surface area contributed by atoms with Gasteiger partial charge in [-0.15, -0.1) is 4.68 Å². The number of nitro benzene ring substituents is 1. The average Bonchev–Trinajstić information content (AvgIpc) is 2.88. The number of hydrogen-bond donors (Lipinski definition) is 2. The highest BCUT2D eigenvalue weighted by molar-refractivity contribution is 6.03. The van der Waals surface area contributed by atoms with Gasteiger partial charge in [0, 0.05) is 23.9 Å². The summed E-state index contributed by atoms with van der Waals surface area (Å²) in [5.41, 5.74) is -0.862. The summed E-state index contributed by atoms with van der Waals surface area (Å²) in [4.78, 5) is 49.8. The van der Waals surface area contributed by atoms with Gasteiger partial charge in [-0.05, 0) is 12.5 Å². The molecule has 2 aromatic rings. The molecule has 0 radical (unpaired) electrons. The first-order chi connectivity index (χ1) is 12.2. The van der Waals surface area contributed by atoms with Crippen LogP contribution in [0, 0.1) is 16.0 Å². The third-order valence-electron chi connectivity index (χ3n) is 4.10. The summed E-state index contributed by atoms with van der Waals surface area (Å²) in [5, 5.41) is 30.0. The molecule has 11 heteroatoms. The zero-order chi connectivity index (χ0) is 19.2. The van der Waals surface area contributed by atoms with Gasteiger partial charge in [0.25, 0.3) is 11.2 Å². The molecule has 1 aliphatic heterocycles. The van der Waals surface area contributed by atoms with Crippen LogP contribution in [0.25, 0.3) is 0 Å². The van der Waals surface area contributed by atoms with E-state index >= 15 is 0 Å². The van der Waals surface area contributed by atoms with E-state index in [-0.39, 0.29) is 22.8 Å². The summed E-state index contributed by atoms with van der Waals surface area (Å²) in [5.74, 6) is -2.64. The fraction of sp³-hybridized carbons (Fsp3) is 0.200. The minimum atomic E-state index is -1.62. The highest BCUT2D eigenvalue weighted by atomic mass is 16.6. The number of aliphatic imine (C=N–C) groups is 1. The fourth-order valence-electron chi connectivity index (χ4n) is 3.07. The van der Waals surface area contributed by atoms with Gasteiger partial charge >= 0.3 is 12.1 Å². The van der Waals surface area contributed by atoms with E-state index in [0.29, 0.717) is 4.68 Å². The molecule has 0 aliphatic carbocycles. The van der Waals surface area contributed by atoms with Crippen molar-refractivity contribution in [1.29, 1.82) is 0 Å². The van der Waals surface area contributed by atoms with Crippen LogP contribution in [0.5, 0.6) is 0 Å². The van der Waals surface area contributed by atoms with Crippen LogP contribution in [0.3, 0.4) is 0 Å². The Morgan fingerprint density at radius 3 is 2.54 bits per heavy atom. The molecule has 1 aromatic carbocycles. The molecule has 2 atom stereocenters. The van der Waals surface area contributed by atoms with Gasteiger partial charge in [0.05, 0.1) is 11.0 Å². The predicted octanol–water partition coefficient (Wildman–Crippen LogP) is 1.48. The molecule has 1 aliphatic rings. The lowest BCUT2D eigenvalue weighted by Crippen LogP contribution is -2.40. The Morgan fingerprint density at radius 1 is 1.27 bits per heavy atom. The molecule has 134 valence electrons. The van der Waals surface area contributed by atoms with E-state index in [0.717, 1.165) is 16.8 Å². The topological polar surface area (TPSA) is 157 Å². The van der Waals surface area contributed by atoms with Crippen LogP contribution in [-0.4, -0.2) is 42.3 Å². The number of nitrogens with zero attached hydrogens (tertiary/aromatic N) is 4. The van der Waals surface area contributed by atoms with Gasteiger partial charge in [0.2, 0.25) is 0 Å². The standard InChI is InChI=1S/C15H12N4O7/c1-7-12(14(21)22)13(8-3-2-4-9(5-8)19(25)26)17-10(16-7)6-11(20)18(17)15(23)24/h2-6,12-13H,1H3,(H,21,22)(H,23,24). The van der Waals surface area contributed by atoms with Crippen molar-refractivity contribution in [3.63, 3.8) is 0 Å². The first-order valence-corrected chi connectivity index (χ1v) is 7.32. The monoisotopic (exact) mass is 360 g/mol. The summed E-state index contributed by atoms with van der Waals surface area (Å²) in [7, 11) is 0. The second-order valence-corrected chi connectivity index (χ2v) is 5.65. The maximum atomic E-state index is 12.0. The quantitative estimate of drug-likeness (QED) is 0.620. The second kappa shape index (κ2) is 5.95. The van der Waals surface area contributed by atoms with E-state index in [2.05, 4.69) is 4.99 Å². The molecule has 3 rings (SSSR count). The molecular formula is C15H12N4O7. The van der Waals surface area contributed by atoms with Crippen molar-refractivity contribution in [3.8, 4) is 0 Å². The number of aromatic nitrogens is 2. The van der Waals surface area contributed by atoms with Crippen LogP contribution in [0.15, 0.2) is 40.1 Å². The number of hydrogen-bond acceptors (Lipinski definition) is 6. The van der Waals surface area contributed by atoms with E-state index < -0.39 is 34.5 Å². The fourth-order valence-corrected chi connectivity index (χ4v) is 3.07. The Bertz CT molecular complexity index is 1030. The summed E-state index contributed by atoms with van der Waals surface area (Å²) in [6.07, 6.45) is -1.62. The Morgan fingerprint density at radius 2 is 1.96 bits per heavy atom. The molecule has 1 aromatic heterocycles. The smallest absolute Gasteiger partial charge is 0.434 e. The van der Waals surface area contributed by atoms with Crippen LogP contribution in [-0.2, 0) is 4.79 Å². The molecule has 0 amide bonds. The minimum Gasteiger partial charge on any atom is -0.481 e. The van der Waals surface area contributed by atoms with E-state index in [1.807, 2.05) is 0 Å². The summed E-state index contributed by atoms with van der Waals surface area (Å²) < 4.78 is 1.29. The Balaban J connectivity index is 2.34. The molecule has 11 nitrogen and oxygen atoms in total. The number of non-ortho nitro benzene ring substituents is 1. The van der Waals surface area contributed by atoms with Gasteiger partial charge in [-0.1, -0.05) is 12.1 Å². The van der Waals surface area contributed by atoms with Gasteiger partial charge in [-0.2, -0.15) is 0 Å². The van der Waals surface area contributed by atoms with Crippen molar-refractivity contribution in [2.24, 2.45) is 10.9 Å². The zero-order valence-corrected chi connectivity index (χ0v) is 13.3. The molecule has 2 heterocycles. The number of rotatable bonds is 3. The molecule has 0 saturated heterocycles. The maximum Gasteiger partial charge on any atom is 0.434 e. The van der Waals surface area contributed by atoms with Crippen LogP contribution >= 0.6 is 0 Å². The van der Waals surface area contributed by atoms with Gasteiger partial charge in [0.15, 0.2) is 5.82 Å². The first-order valence-electron chi connectivity index (χ1n) is 7.32. The van der Waals surface area contributed by atoms with Crippen molar-refractivity contribution in [2.45, 2.75) is 13.0 Å². The Labute approximate surface area is 144 Å². The highest BCUT2D eigenvalue weighted by Gasteiger charge is 2.40. The molecule has 26 heavy (non-hydrogen) atoms. The predicted molar refractivity (Wildman–Crippen MR) is 87.2 cm³/mol. The molecule has 0 fully saturated rings. The molecule has 2 unspecified atom stereocenters. The number of carbonyl (C=O) groups is 2. The first kappa shape index (κ1) is 17.1. The van der Waals surface area contributed by atoms with Gasteiger partial charge in [-0.3, -0.25) is 19.7 Å². The zero-order valence-electron chi connectivity index (χ0n) is 13.3. The largest absolute Gasteiger partial charge is 0.481 e. The molecule has 0 saturated carbocycles. The minimum absolute atomic E-state index is 0.0380. The molecule has 0 bridgehead atoms. The van der Waals surface area contributed by atoms with Crippen molar-refractivity contribution in [2.75, 3.05) is 0 Å². The summed E-state index contributed by atoms with van der Waals surface area (Å²) in [6, 6.07) is 4.95. The van der Waals surface area contributed by atoms with Gasteiger partial charge in [-0.25, -0.2) is 14.5 Å². The molecule has 0 spiro atoms. The summed E-state index contributed by atoms with van der Waals surface area (Å²) >= 11 is 0. The van der Waals surface area contributed by atoms with Crippen LogP contribution in [0.1, 0.15) is 18.5 Å². The third-order valence-corrected chi connectivity index (χ3v) is 4.10. The average molecular weight is 360 g/mol. The Hall–Kier alpha value is -3.76. The van der Waals surface area contributed by atoms with Gasteiger partial charge < -0.3 is 10.2 Å². The number of nitro groups is 1.